The molecule has 2 aromatic carbocycles. The highest BCUT2D eigenvalue weighted by molar-refractivity contribution is 5.99. The standard InChI is InChI=1S/C29H32N4O/c34-28(32-29-15-19-11-20(16-29)13-21(12-19)17-29)24-18-30-33-26(23-9-5-2-6-10-23)14-25(31-27(24)33)22-7-3-1-4-8-22/h1-10,18-21,25-26,31H,11-17H2,(H,32,34)/t19?,20?,21?,25-,26+,29?/m0/s1. The van der Waals surface area contributed by atoms with Gasteiger partial charge in [-0.2, -0.15) is 5.10 Å². The van der Waals surface area contributed by atoms with Crippen molar-refractivity contribution in [1.29, 1.82) is 0 Å². The molecule has 0 unspecified atom stereocenters. The van der Waals surface area contributed by atoms with E-state index in [0.717, 1.165) is 49.3 Å². The van der Waals surface area contributed by atoms with E-state index < -0.39 is 0 Å². The molecule has 2 N–H and O–H groups in total. The molecule has 4 bridgehead atoms. The Bertz CT molecular complexity index is 1170. The fourth-order valence-corrected chi connectivity index (χ4v) is 7.88. The van der Waals surface area contributed by atoms with Gasteiger partial charge in [-0.15, -0.1) is 0 Å². The molecular formula is C29H32N4O. The second kappa shape index (κ2) is 7.72. The second-order valence-corrected chi connectivity index (χ2v) is 11.3. The van der Waals surface area contributed by atoms with Gasteiger partial charge in [0.15, 0.2) is 0 Å². The van der Waals surface area contributed by atoms with Crippen LogP contribution in [0.4, 0.5) is 5.82 Å². The van der Waals surface area contributed by atoms with Gasteiger partial charge in [-0.1, -0.05) is 60.7 Å². The number of fused-ring (bicyclic) bond motifs is 1. The van der Waals surface area contributed by atoms with Crippen molar-refractivity contribution < 1.29 is 4.79 Å². The van der Waals surface area contributed by atoms with Gasteiger partial charge >= 0.3 is 0 Å². The summed E-state index contributed by atoms with van der Waals surface area (Å²) in [7, 11) is 0. The van der Waals surface area contributed by atoms with Crippen LogP contribution in [0.5, 0.6) is 0 Å². The van der Waals surface area contributed by atoms with Crippen LogP contribution in [-0.2, 0) is 0 Å². The minimum atomic E-state index is -0.00696. The third kappa shape index (κ3) is 3.36. The van der Waals surface area contributed by atoms with Crippen molar-refractivity contribution in [3.63, 3.8) is 0 Å². The van der Waals surface area contributed by atoms with E-state index in [2.05, 4.69) is 65.2 Å². The molecule has 0 saturated heterocycles. The Hall–Kier alpha value is -3.08. The van der Waals surface area contributed by atoms with E-state index in [0.29, 0.717) is 5.56 Å². The van der Waals surface area contributed by atoms with Gasteiger partial charge in [0.1, 0.15) is 11.4 Å². The zero-order chi connectivity index (χ0) is 22.7. The molecule has 4 saturated carbocycles. The Balaban J connectivity index is 1.23. The number of benzene rings is 2. The number of hydrogen-bond acceptors (Lipinski definition) is 3. The third-order valence-electron chi connectivity index (χ3n) is 8.91. The predicted molar refractivity (Wildman–Crippen MR) is 133 cm³/mol. The lowest BCUT2D eigenvalue weighted by Gasteiger charge is -2.56. The van der Waals surface area contributed by atoms with Crippen LogP contribution in [0.1, 0.15) is 78.5 Å². The molecular weight excluding hydrogens is 420 g/mol. The summed E-state index contributed by atoms with van der Waals surface area (Å²) in [6, 6.07) is 21.3. The van der Waals surface area contributed by atoms with Crippen LogP contribution < -0.4 is 10.6 Å². The van der Waals surface area contributed by atoms with Crippen LogP contribution in [0.3, 0.4) is 0 Å². The maximum Gasteiger partial charge on any atom is 0.257 e. The zero-order valence-corrected chi connectivity index (χ0v) is 19.5. The summed E-state index contributed by atoms with van der Waals surface area (Å²) in [6.45, 7) is 0. The molecule has 4 aliphatic carbocycles. The number of carbonyl (C=O) groups excluding carboxylic acids is 1. The molecule has 4 fully saturated rings. The Morgan fingerprint density at radius 3 is 2.06 bits per heavy atom. The molecule has 5 nitrogen and oxygen atoms in total. The molecule has 3 aromatic rings. The summed E-state index contributed by atoms with van der Waals surface area (Å²) in [6.07, 6.45) is 10.2. The number of aromatic nitrogens is 2. The lowest BCUT2D eigenvalue weighted by atomic mass is 9.53. The number of nitrogens with zero attached hydrogens (tertiary/aromatic N) is 2. The van der Waals surface area contributed by atoms with Crippen molar-refractivity contribution in [2.45, 2.75) is 62.6 Å². The van der Waals surface area contributed by atoms with Crippen LogP contribution in [-0.4, -0.2) is 21.2 Å². The first-order valence-corrected chi connectivity index (χ1v) is 12.9. The van der Waals surface area contributed by atoms with Crippen molar-refractivity contribution >= 4 is 11.7 Å². The summed E-state index contributed by atoms with van der Waals surface area (Å²) >= 11 is 0. The monoisotopic (exact) mass is 452 g/mol. The average Bonchev–Trinajstić information content (AvgIpc) is 3.28. The first kappa shape index (κ1) is 20.3. The Labute approximate surface area is 200 Å². The summed E-state index contributed by atoms with van der Waals surface area (Å²) in [5.41, 5.74) is 3.13. The summed E-state index contributed by atoms with van der Waals surface area (Å²) < 4.78 is 2.03. The van der Waals surface area contributed by atoms with Gasteiger partial charge in [0, 0.05) is 5.54 Å². The highest BCUT2D eigenvalue weighted by Crippen LogP contribution is 2.55. The quantitative estimate of drug-likeness (QED) is 0.532. The summed E-state index contributed by atoms with van der Waals surface area (Å²) in [5.74, 6) is 3.29. The van der Waals surface area contributed by atoms with Gasteiger partial charge in [-0.05, 0) is 73.8 Å². The number of carbonyl (C=O) groups is 1. The van der Waals surface area contributed by atoms with Crippen LogP contribution in [0.15, 0.2) is 66.9 Å². The maximum absolute atomic E-state index is 13.7. The third-order valence-corrected chi connectivity index (χ3v) is 8.91. The summed E-state index contributed by atoms with van der Waals surface area (Å²) in [5, 5.41) is 12.0. The molecule has 8 rings (SSSR count). The molecule has 5 aliphatic rings. The fourth-order valence-electron chi connectivity index (χ4n) is 7.88. The molecule has 2 atom stereocenters. The number of nitrogens with one attached hydrogen (secondary N) is 2. The smallest absolute Gasteiger partial charge is 0.257 e. The van der Waals surface area contributed by atoms with E-state index in [1.807, 2.05) is 10.7 Å². The van der Waals surface area contributed by atoms with Crippen LogP contribution in [0.25, 0.3) is 0 Å². The minimum Gasteiger partial charge on any atom is -0.363 e. The van der Waals surface area contributed by atoms with E-state index in [9.17, 15) is 4.79 Å². The SMILES string of the molecule is O=C(NC12CC3CC(CC(C3)C1)C2)c1cnn2c1N[C@H](c1ccccc1)C[C@@H]2c1ccccc1. The van der Waals surface area contributed by atoms with Crippen molar-refractivity contribution in [1.82, 2.24) is 15.1 Å². The average molecular weight is 453 g/mol. The number of anilines is 1. The van der Waals surface area contributed by atoms with Crippen molar-refractivity contribution in [2.24, 2.45) is 17.8 Å². The van der Waals surface area contributed by atoms with Gasteiger partial charge in [0.2, 0.25) is 0 Å². The van der Waals surface area contributed by atoms with Gasteiger partial charge in [-0.3, -0.25) is 4.79 Å². The molecule has 34 heavy (non-hydrogen) atoms. The lowest BCUT2D eigenvalue weighted by molar-refractivity contribution is -0.0166. The first-order chi connectivity index (χ1) is 16.7. The molecule has 0 radical (unpaired) electrons. The van der Waals surface area contributed by atoms with E-state index >= 15 is 0 Å². The lowest BCUT2D eigenvalue weighted by Crippen LogP contribution is -2.59. The molecule has 1 aromatic heterocycles. The second-order valence-electron chi connectivity index (χ2n) is 11.3. The van der Waals surface area contributed by atoms with E-state index in [4.69, 9.17) is 5.10 Å². The molecule has 1 amide bonds. The minimum absolute atomic E-state index is 0.00696. The zero-order valence-electron chi connectivity index (χ0n) is 19.5. The molecule has 5 heteroatoms. The fraction of sp³-hybridized carbons (Fsp3) is 0.448. The maximum atomic E-state index is 13.7. The Morgan fingerprint density at radius 1 is 0.853 bits per heavy atom. The Kier molecular flexibility index (Phi) is 4.61. The van der Waals surface area contributed by atoms with E-state index in [-0.39, 0.29) is 23.5 Å². The van der Waals surface area contributed by atoms with E-state index in [1.54, 1.807) is 6.20 Å². The first-order valence-electron chi connectivity index (χ1n) is 12.9. The Morgan fingerprint density at radius 2 is 1.44 bits per heavy atom. The van der Waals surface area contributed by atoms with Gasteiger partial charge < -0.3 is 10.6 Å². The van der Waals surface area contributed by atoms with Gasteiger partial charge in [-0.25, -0.2) is 4.68 Å². The topological polar surface area (TPSA) is 59.0 Å². The normalized spacial score (nSPS) is 33.2. The molecule has 174 valence electrons. The number of amides is 1. The largest absolute Gasteiger partial charge is 0.363 e. The molecule has 1 aliphatic heterocycles. The van der Waals surface area contributed by atoms with Crippen molar-refractivity contribution in [3.8, 4) is 0 Å². The predicted octanol–water partition coefficient (Wildman–Crippen LogP) is 5.73. The van der Waals surface area contributed by atoms with Crippen LogP contribution in [0.2, 0.25) is 0 Å². The van der Waals surface area contributed by atoms with Gasteiger partial charge in [0.25, 0.3) is 5.91 Å². The van der Waals surface area contributed by atoms with Crippen molar-refractivity contribution in [2.75, 3.05) is 5.32 Å². The highest BCUT2D eigenvalue weighted by atomic mass is 16.1. The molecule has 0 spiro atoms. The highest BCUT2D eigenvalue weighted by Gasteiger charge is 2.51. The van der Waals surface area contributed by atoms with Crippen LogP contribution in [0, 0.1) is 17.8 Å². The van der Waals surface area contributed by atoms with Crippen LogP contribution >= 0.6 is 0 Å². The number of hydrogen-bond donors (Lipinski definition) is 2. The van der Waals surface area contributed by atoms with Crippen molar-refractivity contribution in [3.05, 3.63) is 83.6 Å². The van der Waals surface area contributed by atoms with Gasteiger partial charge in [0.05, 0.1) is 18.3 Å². The number of rotatable bonds is 4. The summed E-state index contributed by atoms with van der Waals surface area (Å²) in [4.78, 5) is 13.7. The van der Waals surface area contributed by atoms with E-state index in [1.165, 1.54) is 30.4 Å². The molecule has 2 heterocycles.